The average Bonchev–Trinajstić information content (AvgIpc) is 2.52. The minimum atomic E-state index is -0.414. The Labute approximate surface area is 125 Å². The molecule has 2 rings (SSSR count). The highest BCUT2D eigenvalue weighted by Crippen LogP contribution is 2.23. The molecule has 0 aromatic heterocycles. The minimum Gasteiger partial charge on any atom is -0.391 e. The van der Waals surface area contributed by atoms with Gasteiger partial charge in [0.25, 0.3) is 5.91 Å². The van der Waals surface area contributed by atoms with E-state index < -0.39 is 6.10 Å². The summed E-state index contributed by atoms with van der Waals surface area (Å²) in [5, 5.41) is 10.1. The molecule has 1 amide bonds. The molecule has 0 bridgehead atoms. The van der Waals surface area contributed by atoms with Gasteiger partial charge in [-0.3, -0.25) is 4.79 Å². The molecule has 0 aliphatic heterocycles. The standard InChI is InChI=1S/C17H22N2O2/c1-19(15-6-2-3-7-16(15)20)17(21)14-10-8-13(9-11-14)5-4-12-18/h8-11,15-16,20H,2-3,6-7,12,18H2,1H3. The zero-order valence-corrected chi connectivity index (χ0v) is 12.4. The van der Waals surface area contributed by atoms with Crippen molar-refractivity contribution in [2.75, 3.05) is 13.6 Å². The SMILES string of the molecule is CN(C(=O)c1ccc(C#CCN)cc1)C1CCCCC1O. The Bertz CT molecular complexity index is 542. The number of rotatable bonds is 2. The summed E-state index contributed by atoms with van der Waals surface area (Å²) in [6.45, 7) is 0.322. The fraction of sp³-hybridized carbons (Fsp3) is 0.471. The fourth-order valence-electron chi connectivity index (χ4n) is 2.75. The van der Waals surface area contributed by atoms with Gasteiger partial charge in [-0.2, -0.15) is 0 Å². The molecule has 1 aromatic carbocycles. The van der Waals surface area contributed by atoms with Gasteiger partial charge >= 0.3 is 0 Å². The lowest BCUT2D eigenvalue weighted by Crippen LogP contribution is -2.46. The van der Waals surface area contributed by atoms with Gasteiger partial charge in [-0.1, -0.05) is 24.7 Å². The van der Waals surface area contributed by atoms with Crippen molar-refractivity contribution < 1.29 is 9.90 Å². The van der Waals surface area contributed by atoms with Crippen LogP contribution >= 0.6 is 0 Å². The molecule has 1 aromatic rings. The highest BCUT2D eigenvalue weighted by atomic mass is 16.3. The Morgan fingerprint density at radius 2 is 2.00 bits per heavy atom. The third-order valence-corrected chi connectivity index (χ3v) is 3.98. The molecular formula is C17H22N2O2. The molecular weight excluding hydrogens is 264 g/mol. The molecule has 4 nitrogen and oxygen atoms in total. The van der Waals surface area contributed by atoms with Gasteiger partial charge in [0.2, 0.25) is 0 Å². The van der Waals surface area contributed by atoms with Crippen LogP contribution in [-0.2, 0) is 0 Å². The van der Waals surface area contributed by atoms with Crippen molar-refractivity contribution in [2.24, 2.45) is 5.73 Å². The van der Waals surface area contributed by atoms with Crippen LogP contribution in [0.15, 0.2) is 24.3 Å². The highest BCUT2D eigenvalue weighted by molar-refractivity contribution is 5.94. The van der Waals surface area contributed by atoms with Crippen LogP contribution in [0.1, 0.15) is 41.6 Å². The van der Waals surface area contributed by atoms with E-state index in [-0.39, 0.29) is 11.9 Å². The van der Waals surface area contributed by atoms with Gasteiger partial charge in [0.15, 0.2) is 0 Å². The van der Waals surface area contributed by atoms with Crippen LogP contribution in [0.3, 0.4) is 0 Å². The zero-order valence-electron chi connectivity index (χ0n) is 12.4. The summed E-state index contributed by atoms with van der Waals surface area (Å²) in [5.74, 6) is 5.66. The van der Waals surface area contributed by atoms with Gasteiger partial charge in [-0.25, -0.2) is 0 Å². The van der Waals surface area contributed by atoms with E-state index in [0.717, 1.165) is 31.2 Å². The summed E-state index contributed by atoms with van der Waals surface area (Å²) in [7, 11) is 1.77. The molecule has 112 valence electrons. The lowest BCUT2D eigenvalue weighted by molar-refractivity contribution is 0.0268. The van der Waals surface area contributed by atoms with Gasteiger partial charge < -0.3 is 15.7 Å². The molecule has 1 aliphatic carbocycles. The van der Waals surface area contributed by atoms with Crippen molar-refractivity contribution in [1.29, 1.82) is 0 Å². The van der Waals surface area contributed by atoms with E-state index in [1.165, 1.54) is 0 Å². The summed E-state index contributed by atoms with van der Waals surface area (Å²) in [6.07, 6.45) is 3.32. The molecule has 3 N–H and O–H groups in total. The molecule has 0 heterocycles. The second kappa shape index (κ2) is 7.26. The first kappa shape index (κ1) is 15.6. The van der Waals surface area contributed by atoms with Crippen molar-refractivity contribution in [1.82, 2.24) is 4.90 Å². The molecule has 1 saturated carbocycles. The summed E-state index contributed by atoms with van der Waals surface area (Å²) < 4.78 is 0. The molecule has 21 heavy (non-hydrogen) atoms. The smallest absolute Gasteiger partial charge is 0.253 e. The number of hydrogen-bond donors (Lipinski definition) is 2. The van der Waals surface area contributed by atoms with Crippen LogP contribution in [0.25, 0.3) is 0 Å². The van der Waals surface area contributed by atoms with Crippen molar-refractivity contribution in [3.63, 3.8) is 0 Å². The van der Waals surface area contributed by atoms with Crippen LogP contribution in [0, 0.1) is 11.8 Å². The summed E-state index contributed by atoms with van der Waals surface area (Å²) in [5.41, 5.74) is 6.80. The first-order valence-electron chi connectivity index (χ1n) is 7.37. The van der Waals surface area contributed by atoms with E-state index >= 15 is 0 Å². The number of aliphatic hydroxyl groups is 1. The van der Waals surface area contributed by atoms with Gasteiger partial charge in [-0.05, 0) is 37.1 Å². The van der Waals surface area contributed by atoms with Crippen LogP contribution in [0.2, 0.25) is 0 Å². The van der Waals surface area contributed by atoms with Crippen LogP contribution in [0.4, 0.5) is 0 Å². The van der Waals surface area contributed by atoms with Crippen LogP contribution < -0.4 is 5.73 Å². The number of amides is 1. The zero-order chi connectivity index (χ0) is 15.2. The number of benzene rings is 1. The first-order valence-corrected chi connectivity index (χ1v) is 7.37. The Balaban J connectivity index is 2.08. The lowest BCUT2D eigenvalue weighted by Gasteiger charge is -2.35. The van der Waals surface area contributed by atoms with E-state index in [9.17, 15) is 9.90 Å². The molecule has 0 spiro atoms. The predicted octanol–water partition coefficient (Wildman–Crippen LogP) is 1.37. The maximum absolute atomic E-state index is 12.5. The number of nitrogens with zero attached hydrogens (tertiary/aromatic N) is 1. The molecule has 1 fully saturated rings. The van der Waals surface area contributed by atoms with E-state index in [1.807, 2.05) is 12.1 Å². The van der Waals surface area contributed by atoms with Crippen molar-refractivity contribution in [3.05, 3.63) is 35.4 Å². The summed E-state index contributed by atoms with van der Waals surface area (Å²) in [6, 6.07) is 7.11. The van der Waals surface area contributed by atoms with Gasteiger partial charge in [-0.15, -0.1) is 0 Å². The fourth-order valence-corrected chi connectivity index (χ4v) is 2.75. The summed E-state index contributed by atoms with van der Waals surface area (Å²) in [4.78, 5) is 14.1. The molecule has 2 unspecified atom stereocenters. The highest BCUT2D eigenvalue weighted by Gasteiger charge is 2.29. The van der Waals surface area contributed by atoms with E-state index in [4.69, 9.17) is 5.73 Å². The number of hydrogen-bond acceptors (Lipinski definition) is 3. The first-order chi connectivity index (χ1) is 10.1. The van der Waals surface area contributed by atoms with Crippen LogP contribution in [-0.4, -0.2) is 41.7 Å². The maximum atomic E-state index is 12.5. The molecule has 4 heteroatoms. The summed E-state index contributed by atoms with van der Waals surface area (Å²) >= 11 is 0. The number of nitrogens with two attached hydrogens (primary N) is 1. The number of aliphatic hydroxyl groups excluding tert-OH is 1. The monoisotopic (exact) mass is 286 g/mol. The molecule has 0 saturated heterocycles. The third-order valence-electron chi connectivity index (χ3n) is 3.98. The third kappa shape index (κ3) is 3.84. The number of likely N-dealkylation sites (N-methyl/N-ethyl adjacent to an activating group) is 1. The normalized spacial score (nSPS) is 21.3. The Morgan fingerprint density at radius 1 is 1.33 bits per heavy atom. The van der Waals surface area contributed by atoms with Gasteiger partial charge in [0, 0.05) is 18.2 Å². The Kier molecular flexibility index (Phi) is 5.38. The second-order valence-electron chi connectivity index (χ2n) is 5.42. The largest absolute Gasteiger partial charge is 0.391 e. The molecule has 2 atom stereocenters. The van der Waals surface area contributed by atoms with Crippen molar-refractivity contribution in [2.45, 2.75) is 37.8 Å². The number of carbonyl (C=O) groups is 1. The van der Waals surface area contributed by atoms with Crippen molar-refractivity contribution in [3.8, 4) is 11.8 Å². The quantitative estimate of drug-likeness (QED) is 0.807. The maximum Gasteiger partial charge on any atom is 0.253 e. The molecule has 0 radical (unpaired) electrons. The Hall–Kier alpha value is -1.83. The second-order valence-corrected chi connectivity index (χ2v) is 5.42. The number of carbonyl (C=O) groups excluding carboxylic acids is 1. The topological polar surface area (TPSA) is 66.6 Å². The van der Waals surface area contributed by atoms with Gasteiger partial charge in [0.1, 0.15) is 0 Å². The van der Waals surface area contributed by atoms with Gasteiger partial charge in [0.05, 0.1) is 18.7 Å². The minimum absolute atomic E-state index is 0.0562. The van der Waals surface area contributed by atoms with E-state index in [2.05, 4.69) is 11.8 Å². The molecule has 1 aliphatic rings. The Morgan fingerprint density at radius 3 is 2.62 bits per heavy atom. The van der Waals surface area contributed by atoms with E-state index in [1.54, 1.807) is 24.1 Å². The van der Waals surface area contributed by atoms with E-state index in [0.29, 0.717) is 12.1 Å². The van der Waals surface area contributed by atoms with Crippen LogP contribution in [0.5, 0.6) is 0 Å². The van der Waals surface area contributed by atoms with Crippen molar-refractivity contribution >= 4 is 5.91 Å². The predicted molar refractivity (Wildman–Crippen MR) is 82.7 cm³/mol. The lowest BCUT2D eigenvalue weighted by atomic mass is 9.91. The average molecular weight is 286 g/mol.